The van der Waals surface area contributed by atoms with Gasteiger partial charge in [0.25, 0.3) is 5.91 Å². The fraction of sp³-hybridized carbons (Fsp3) is 0.0952. The average molecular weight is 376 g/mol. The van der Waals surface area contributed by atoms with Crippen LogP contribution in [0.1, 0.15) is 28.5 Å². The lowest BCUT2D eigenvalue weighted by atomic mass is 10.1. The van der Waals surface area contributed by atoms with Crippen LogP contribution in [0.2, 0.25) is 0 Å². The maximum atomic E-state index is 12.6. The Labute approximate surface area is 160 Å². The highest BCUT2D eigenvalue weighted by molar-refractivity contribution is 8.13. The minimum atomic E-state index is -0.234. The molecule has 27 heavy (non-hydrogen) atoms. The van der Waals surface area contributed by atoms with Crippen molar-refractivity contribution >= 4 is 33.3 Å². The first-order chi connectivity index (χ1) is 13.2. The molecule has 0 fully saturated rings. The number of carbonyl (C=O) groups is 1. The van der Waals surface area contributed by atoms with Crippen molar-refractivity contribution < 1.29 is 4.79 Å². The summed E-state index contributed by atoms with van der Waals surface area (Å²) >= 11 is 0. The predicted octanol–water partition coefficient (Wildman–Crippen LogP) is 4.12. The van der Waals surface area contributed by atoms with Gasteiger partial charge < -0.3 is 10.6 Å². The Hall–Kier alpha value is -3.12. The first-order valence-electron chi connectivity index (χ1n) is 8.65. The van der Waals surface area contributed by atoms with Crippen molar-refractivity contribution in [1.29, 1.82) is 0 Å². The highest BCUT2D eigenvalue weighted by atomic mass is 32.2. The van der Waals surface area contributed by atoms with Crippen molar-refractivity contribution in [1.82, 2.24) is 14.3 Å². The number of hydrogen-bond donors (Lipinski definition) is 2. The molecule has 6 heteroatoms. The number of fused-ring (bicyclic) bond motifs is 2. The number of nitrogens with one attached hydrogen (secondary N) is 2. The zero-order valence-corrected chi connectivity index (χ0v) is 15.8. The van der Waals surface area contributed by atoms with E-state index in [2.05, 4.69) is 44.7 Å². The van der Waals surface area contributed by atoms with Crippen LogP contribution in [0.4, 0.5) is 5.69 Å². The van der Waals surface area contributed by atoms with Gasteiger partial charge in [-0.25, -0.2) is 0 Å². The van der Waals surface area contributed by atoms with Gasteiger partial charge >= 0.3 is 0 Å². The molecule has 4 rings (SSSR count). The molecule has 5 nitrogen and oxygen atoms in total. The van der Waals surface area contributed by atoms with Gasteiger partial charge in [-0.3, -0.25) is 13.8 Å². The molecule has 0 saturated heterocycles. The maximum absolute atomic E-state index is 12.6. The number of carbonyl (C=O) groups excluding carboxylic acids is 1. The SMILES string of the molecule is C=C1Nc2cc(C(=O)NCc3ccncc3)ccc2/S(=C/C)n2cccc21. The Balaban J connectivity index is 1.62. The molecule has 0 radical (unpaired) electrons. The molecule has 3 aromatic rings. The fourth-order valence-corrected chi connectivity index (χ4v) is 4.90. The van der Waals surface area contributed by atoms with E-state index in [1.807, 2.05) is 42.5 Å². The number of benzene rings is 1. The highest BCUT2D eigenvalue weighted by Crippen LogP contribution is 2.41. The van der Waals surface area contributed by atoms with Gasteiger partial charge in [-0.05, 0) is 60.3 Å². The minimum Gasteiger partial charge on any atom is -0.353 e. The topological polar surface area (TPSA) is 59.0 Å². The van der Waals surface area contributed by atoms with Crippen LogP contribution >= 0.6 is 10.7 Å². The third kappa shape index (κ3) is 3.31. The third-order valence-electron chi connectivity index (χ3n) is 4.41. The van der Waals surface area contributed by atoms with Crippen LogP contribution in [0.5, 0.6) is 0 Å². The number of nitrogens with zero attached hydrogens (tertiary/aromatic N) is 2. The molecule has 0 saturated carbocycles. The summed E-state index contributed by atoms with van der Waals surface area (Å²) in [6.07, 6.45) is 5.50. The van der Waals surface area contributed by atoms with E-state index < -0.39 is 0 Å². The Bertz CT molecular complexity index is 1050. The third-order valence-corrected chi connectivity index (χ3v) is 6.41. The number of hydrogen-bond acceptors (Lipinski definition) is 3. The average Bonchev–Trinajstić information content (AvgIpc) is 3.14. The zero-order chi connectivity index (χ0) is 18.8. The van der Waals surface area contributed by atoms with Crippen molar-refractivity contribution in [3.8, 4) is 0 Å². The molecule has 136 valence electrons. The summed E-state index contributed by atoms with van der Waals surface area (Å²) in [5, 5.41) is 8.51. The minimum absolute atomic E-state index is 0.105. The van der Waals surface area contributed by atoms with Crippen LogP contribution in [-0.2, 0) is 6.54 Å². The van der Waals surface area contributed by atoms with E-state index in [1.165, 1.54) is 0 Å². The van der Waals surface area contributed by atoms with E-state index in [9.17, 15) is 4.79 Å². The second kappa shape index (κ2) is 7.25. The van der Waals surface area contributed by atoms with Gasteiger partial charge in [0.15, 0.2) is 0 Å². The van der Waals surface area contributed by atoms with Crippen molar-refractivity contribution in [2.45, 2.75) is 18.4 Å². The number of anilines is 1. The molecule has 1 aliphatic rings. The Kier molecular flexibility index (Phi) is 4.64. The van der Waals surface area contributed by atoms with Gasteiger partial charge in [0.2, 0.25) is 0 Å². The lowest BCUT2D eigenvalue weighted by Crippen LogP contribution is -2.22. The van der Waals surface area contributed by atoms with Crippen LogP contribution < -0.4 is 10.6 Å². The van der Waals surface area contributed by atoms with Gasteiger partial charge in [0.05, 0.1) is 17.1 Å². The molecule has 1 atom stereocenters. The van der Waals surface area contributed by atoms with Gasteiger partial charge in [0, 0.05) is 35.6 Å². The lowest BCUT2D eigenvalue weighted by Gasteiger charge is -2.14. The van der Waals surface area contributed by atoms with Crippen LogP contribution in [0, 0.1) is 0 Å². The monoisotopic (exact) mass is 376 g/mol. The Morgan fingerprint density at radius 1 is 1.30 bits per heavy atom. The zero-order valence-electron chi connectivity index (χ0n) is 15.0. The molecule has 1 aromatic carbocycles. The Morgan fingerprint density at radius 3 is 2.89 bits per heavy atom. The molecule has 0 aliphatic carbocycles. The predicted molar refractivity (Wildman–Crippen MR) is 112 cm³/mol. The molecular formula is C21H20N4OS. The summed E-state index contributed by atoms with van der Waals surface area (Å²) in [4.78, 5) is 17.7. The second-order valence-corrected chi connectivity index (χ2v) is 8.06. The van der Waals surface area contributed by atoms with Gasteiger partial charge in [-0.15, -0.1) is 0 Å². The van der Waals surface area contributed by atoms with Crippen LogP contribution in [0.3, 0.4) is 0 Å². The quantitative estimate of drug-likeness (QED) is 0.676. The van der Waals surface area contributed by atoms with Crippen LogP contribution in [0.15, 0.2) is 72.5 Å². The molecule has 1 amide bonds. The van der Waals surface area contributed by atoms with E-state index in [0.29, 0.717) is 12.1 Å². The Morgan fingerprint density at radius 2 is 2.11 bits per heavy atom. The van der Waals surface area contributed by atoms with Crippen molar-refractivity contribution in [2.75, 3.05) is 5.32 Å². The van der Waals surface area contributed by atoms with Gasteiger partial charge in [0.1, 0.15) is 0 Å². The van der Waals surface area contributed by atoms with Crippen molar-refractivity contribution in [3.63, 3.8) is 0 Å². The van der Waals surface area contributed by atoms with Crippen LogP contribution in [0.25, 0.3) is 5.70 Å². The fourth-order valence-electron chi connectivity index (χ4n) is 3.08. The summed E-state index contributed by atoms with van der Waals surface area (Å²) in [5.41, 5.74) is 4.43. The van der Waals surface area contributed by atoms with E-state index in [1.54, 1.807) is 12.4 Å². The molecular weight excluding hydrogens is 356 g/mol. The van der Waals surface area contributed by atoms with E-state index in [0.717, 1.165) is 27.5 Å². The summed E-state index contributed by atoms with van der Waals surface area (Å²) in [6, 6.07) is 13.7. The summed E-state index contributed by atoms with van der Waals surface area (Å²) in [5.74, 6) is -0.105. The van der Waals surface area contributed by atoms with E-state index in [4.69, 9.17) is 0 Å². The number of rotatable bonds is 3. The molecule has 0 spiro atoms. The summed E-state index contributed by atoms with van der Waals surface area (Å²) in [6.45, 7) is 6.68. The summed E-state index contributed by atoms with van der Waals surface area (Å²) < 4.78 is 2.21. The first kappa shape index (κ1) is 17.3. The molecule has 1 unspecified atom stereocenters. The van der Waals surface area contributed by atoms with Gasteiger partial charge in [-0.2, -0.15) is 0 Å². The molecule has 0 bridgehead atoms. The highest BCUT2D eigenvalue weighted by Gasteiger charge is 2.19. The lowest BCUT2D eigenvalue weighted by molar-refractivity contribution is 0.0951. The van der Waals surface area contributed by atoms with Gasteiger partial charge in [-0.1, -0.05) is 17.2 Å². The maximum Gasteiger partial charge on any atom is 0.251 e. The number of aromatic nitrogens is 2. The van der Waals surface area contributed by atoms with E-state index >= 15 is 0 Å². The molecule has 2 aromatic heterocycles. The molecule has 2 N–H and O–H groups in total. The standard InChI is InChI=1S/C21H20N4OS/c1-3-27-20-7-6-17(21(26)23-14-16-8-10-22-11-9-16)13-18(20)24-15(2)19-5-4-12-25(19)27/h3-13,24H,2,14H2,1H3,(H,23,26). The largest absolute Gasteiger partial charge is 0.353 e. The number of amides is 1. The first-order valence-corrected chi connectivity index (χ1v) is 9.89. The van der Waals surface area contributed by atoms with Crippen molar-refractivity contribution in [3.05, 3.63) is 84.5 Å². The molecule has 1 aliphatic heterocycles. The molecule has 3 heterocycles. The van der Waals surface area contributed by atoms with Crippen molar-refractivity contribution in [2.24, 2.45) is 0 Å². The number of pyridine rings is 1. The van der Waals surface area contributed by atoms with E-state index in [-0.39, 0.29) is 16.6 Å². The summed E-state index contributed by atoms with van der Waals surface area (Å²) in [7, 11) is -0.234. The van der Waals surface area contributed by atoms with Crippen LogP contribution in [-0.4, -0.2) is 20.2 Å². The normalized spacial score (nSPS) is 15.4. The second-order valence-electron chi connectivity index (χ2n) is 6.12. The smallest absolute Gasteiger partial charge is 0.251 e.